The molecule has 1 aromatic carbocycles. The Morgan fingerprint density at radius 2 is 2.05 bits per heavy atom. The summed E-state index contributed by atoms with van der Waals surface area (Å²) >= 11 is 0. The molecule has 0 saturated carbocycles. The molecule has 0 fully saturated rings. The highest BCUT2D eigenvalue weighted by atomic mass is 32.2. The van der Waals surface area contributed by atoms with E-state index in [9.17, 15) is 17.6 Å². The van der Waals surface area contributed by atoms with Crippen molar-refractivity contribution in [2.24, 2.45) is 11.1 Å². The van der Waals surface area contributed by atoms with Crippen LogP contribution in [0.4, 0.5) is 14.9 Å². The predicted octanol–water partition coefficient (Wildman–Crippen LogP) is 0.612. The van der Waals surface area contributed by atoms with Crippen LogP contribution in [0.25, 0.3) is 0 Å². The second-order valence-corrected chi connectivity index (χ2v) is 6.35. The fourth-order valence-electron chi connectivity index (χ4n) is 1.56. The van der Waals surface area contributed by atoms with Crippen molar-refractivity contribution in [1.82, 2.24) is 5.32 Å². The molecule has 9 heteroatoms. The number of primary sulfonamides is 1. The number of carbonyl (C=O) groups is 1. The van der Waals surface area contributed by atoms with Gasteiger partial charge in [-0.1, -0.05) is 13.8 Å². The van der Waals surface area contributed by atoms with E-state index in [0.717, 1.165) is 12.1 Å². The minimum absolute atomic E-state index is 0.00829. The first kappa shape index (κ1) is 17.3. The Bertz CT molecular complexity index is 619. The molecule has 0 radical (unpaired) electrons. The third kappa shape index (κ3) is 4.96. The van der Waals surface area contributed by atoms with Gasteiger partial charge in [0.05, 0.1) is 12.6 Å². The Morgan fingerprint density at radius 1 is 1.43 bits per heavy atom. The molecular formula is C12H18FN3O4S. The van der Waals surface area contributed by atoms with Crippen LogP contribution >= 0.6 is 0 Å². The van der Waals surface area contributed by atoms with Crippen molar-refractivity contribution < 1.29 is 22.7 Å². The fraction of sp³-hybridized carbons (Fsp3) is 0.417. The van der Waals surface area contributed by atoms with Crippen LogP contribution in [0, 0.1) is 11.7 Å². The van der Waals surface area contributed by atoms with Gasteiger partial charge in [0.1, 0.15) is 10.7 Å². The topological polar surface area (TPSA) is 122 Å². The van der Waals surface area contributed by atoms with Crippen LogP contribution in [0.5, 0.6) is 0 Å². The molecule has 118 valence electrons. The first-order valence-electron chi connectivity index (χ1n) is 6.16. The van der Waals surface area contributed by atoms with Gasteiger partial charge in [-0.3, -0.25) is 0 Å². The lowest BCUT2D eigenvalue weighted by Crippen LogP contribution is -2.43. The lowest BCUT2D eigenvalue weighted by molar-refractivity contribution is 0.204. The monoisotopic (exact) mass is 319 g/mol. The summed E-state index contributed by atoms with van der Waals surface area (Å²) in [4.78, 5) is 11.0. The van der Waals surface area contributed by atoms with Crippen LogP contribution in [0.2, 0.25) is 0 Å². The Morgan fingerprint density at radius 3 is 2.52 bits per heavy atom. The number of aliphatic hydroxyl groups excluding tert-OH is 1. The van der Waals surface area contributed by atoms with E-state index in [-0.39, 0.29) is 18.2 Å². The fourth-order valence-corrected chi connectivity index (χ4v) is 2.19. The number of sulfonamides is 1. The molecule has 0 spiro atoms. The van der Waals surface area contributed by atoms with Gasteiger partial charge in [-0.05, 0) is 24.1 Å². The molecule has 1 aromatic rings. The highest BCUT2D eigenvalue weighted by Gasteiger charge is 2.17. The number of halogens is 1. The van der Waals surface area contributed by atoms with Gasteiger partial charge in [0.25, 0.3) is 0 Å². The maximum Gasteiger partial charge on any atom is 0.319 e. The summed E-state index contributed by atoms with van der Waals surface area (Å²) in [5.41, 5.74) is 0.0679. The van der Waals surface area contributed by atoms with Gasteiger partial charge in [0, 0.05) is 5.69 Å². The number of carbonyl (C=O) groups excluding carboxylic acids is 1. The van der Waals surface area contributed by atoms with E-state index in [4.69, 9.17) is 10.2 Å². The van der Waals surface area contributed by atoms with Gasteiger partial charge >= 0.3 is 6.03 Å². The summed E-state index contributed by atoms with van der Waals surface area (Å²) in [5.74, 6) is -0.993. The molecule has 2 amide bonds. The van der Waals surface area contributed by atoms with Crippen LogP contribution in [0.3, 0.4) is 0 Å². The molecule has 7 nitrogen and oxygen atoms in total. The van der Waals surface area contributed by atoms with Gasteiger partial charge in [-0.25, -0.2) is 22.7 Å². The van der Waals surface area contributed by atoms with Gasteiger partial charge in [-0.2, -0.15) is 0 Å². The van der Waals surface area contributed by atoms with Crippen molar-refractivity contribution in [3.05, 3.63) is 24.0 Å². The number of hydrogen-bond donors (Lipinski definition) is 4. The third-order valence-electron chi connectivity index (χ3n) is 2.81. The summed E-state index contributed by atoms with van der Waals surface area (Å²) in [6.07, 6.45) is 0. The maximum atomic E-state index is 13.4. The summed E-state index contributed by atoms with van der Waals surface area (Å²) < 4.78 is 35.7. The zero-order valence-corrected chi connectivity index (χ0v) is 12.4. The predicted molar refractivity (Wildman–Crippen MR) is 75.6 cm³/mol. The number of urea groups is 1. The van der Waals surface area contributed by atoms with E-state index in [2.05, 4.69) is 10.6 Å². The average Bonchev–Trinajstić information content (AvgIpc) is 2.36. The zero-order valence-electron chi connectivity index (χ0n) is 11.6. The molecule has 0 heterocycles. The summed E-state index contributed by atoms with van der Waals surface area (Å²) in [5, 5.41) is 18.8. The van der Waals surface area contributed by atoms with Crippen LogP contribution in [-0.2, 0) is 10.0 Å². The molecule has 0 aliphatic carbocycles. The number of benzene rings is 1. The Labute approximate surface area is 122 Å². The zero-order chi connectivity index (χ0) is 16.2. The van der Waals surface area contributed by atoms with Crippen molar-refractivity contribution in [2.45, 2.75) is 24.8 Å². The highest BCUT2D eigenvalue weighted by Crippen LogP contribution is 2.18. The molecule has 0 aliphatic rings. The van der Waals surface area contributed by atoms with Crippen molar-refractivity contribution in [3.8, 4) is 0 Å². The number of rotatable bonds is 5. The number of nitrogens with two attached hydrogens (primary N) is 1. The van der Waals surface area contributed by atoms with Crippen LogP contribution in [0.15, 0.2) is 23.1 Å². The lowest BCUT2D eigenvalue weighted by atomic mass is 10.1. The number of anilines is 1. The molecule has 0 aromatic heterocycles. The molecule has 0 bridgehead atoms. The van der Waals surface area contributed by atoms with E-state index >= 15 is 0 Å². The second kappa shape index (κ2) is 6.83. The maximum absolute atomic E-state index is 13.4. The lowest BCUT2D eigenvalue weighted by Gasteiger charge is -2.20. The van der Waals surface area contributed by atoms with Gasteiger partial charge < -0.3 is 15.7 Å². The molecule has 5 N–H and O–H groups in total. The number of hydrogen-bond acceptors (Lipinski definition) is 4. The highest BCUT2D eigenvalue weighted by molar-refractivity contribution is 7.89. The quantitative estimate of drug-likeness (QED) is 0.635. The standard InChI is InChI=1S/C12H18FN3O4S/c1-7(2)10(6-17)16-12(18)15-8-3-4-9(13)11(5-8)21(14,19)20/h3-5,7,10,17H,6H2,1-2H3,(H2,14,19,20)(H2,15,16,18)/t10-/m1/s1. The molecule has 21 heavy (non-hydrogen) atoms. The summed E-state index contributed by atoms with van der Waals surface area (Å²) in [6.45, 7) is 3.40. The van der Waals surface area contributed by atoms with E-state index in [1.807, 2.05) is 13.8 Å². The third-order valence-corrected chi connectivity index (χ3v) is 3.74. The number of nitrogens with one attached hydrogen (secondary N) is 2. The molecule has 1 atom stereocenters. The van der Waals surface area contributed by atoms with Crippen LogP contribution in [-0.4, -0.2) is 32.2 Å². The van der Waals surface area contributed by atoms with Crippen molar-refractivity contribution in [1.29, 1.82) is 0 Å². The van der Waals surface area contributed by atoms with Gasteiger partial charge in [-0.15, -0.1) is 0 Å². The van der Waals surface area contributed by atoms with Gasteiger partial charge in [0.2, 0.25) is 10.0 Å². The SMILES string of the molecule is CC(C)[C@@H](CO)NC(=O)Nc1ccc(F)c(S(N)(=O)=O)c1. The largest absolute Gasteiger partial charge is 0.394 e. The Balaban J connectivity index is 2.87. The van der Waals surface area contributed by atoms with E-state index < -0.39 is 32.8 Å². The van der Waals surface area contributed by atoms with E-state index in [1.54, 1.807) is 0 Å². The van der Waals surface area contributed by atoms with Crippen LogP contribution < -0.4 is 15.8 Å². The van der Waals surface area contributed by atoms with E-state index in [1.165, 1.54) is 6.07 Å². The molecule has 0 unspecified atom stereocenters. The van der Waals surface area contributed by atoms with E-state index in [0.29, 0.717) is 0 Å². The molecule has 0 aliphatic heterocycles. The molecule has 0 saturated heterocycles. The molecule has 1 rings (SSSR count). The molecular weight excluding hydrogens is 301 g/mol. The summed E-state index contributed by atoms with van der Waals surface area (Å²) in [7, 11) is -4.22. The Hall–Kier alpha value is -1.71. The Kier molecular flexibility index (Phi) is 5.64. The van der Waals surface area contributed by atoms with Crippen molar-refractivity contribution >= 4 is 21.7 Å². The van der Waals surface area contributed by atoms with Gasteiger partial charge in [0.15, 0.2) is 0 Å². The minimum Gasteiger partial charge on any atom is -0.394 e. The number of amides is 2. The first-order chi connectivity index (χ1) is 9.65. The summed E-state index contributed by atoms with van der Waals surface area (Å²) in [6, 6.07) is 1.92. The van der Waals surface area contributed by atoms with Crippen molar-refractivity contribution in [2.75, 3.05) is 11.9 Å². The van der Waals surface area contributed by atoms with Crippen LogP contribution in [0.1, 0.15) is 13.8 Å². The average molecular weight is 319 g/mol. The first-order valence-corrected chi connectivity index (χ1v) is 7.70. The van der Waals surface area contributed by atoms with Crippen molar-refractivity contribution in [3.63, 3.8) is 0 Å². The normalized spacial score (nSPS) is 13.0. The smallest absolute Gasteiger partial charge is 0.319 e. The number of aliphatic hydroxyl groups is 1. The minimum atomic E-state index is -4.22. The second-order valence-electron chi connectivity index (χ2n) is 4.82.